The Labute approximate surface area is 213 Å². The zero-order chi connectivity index (χ0) is 24.6. The first-order valence-corrected chi connectivity index (χ1v) is 13.8. The van der Waals surface area contributed by atoms with E-state index in [9.17, 15) is 4.79 Å². The van der Waals surface area contributed by atoms with E-state index in [4.69, 9.17) is 0 Å². The lowest BCUT2D eigenvalue weighted by atomic mass is 10.2. The number of hydrogen-bond donors (Lipinski definition) is 1. The minimum atomic E-state index is -2.39. The monoisotopic (exact) mass is 484 g/mol. The lowest BCUT2D eigenvalue weighted by Gasteiger charge is -2.29. The van der Waals surface area contributed by atoms with Crippen LogP contribution in [0.4, 0.5) is 0 Å². The van der Waals surface area contributed by atoms with Crippen molar-refractivity contribution in [2.75, 3.05) is 0 Å². The fourth-order valence-electron chi connectivity index (χ4n) is 4.61. The Bertz CT molecular complexity index is 1340. The van der Waals surface area contributed by atoms with Gasteiger partial charge in [-0.2, -0.15) is 0 Å². The molecule has 0 aliphatic heterocycles. The molecular formula is C33H27NOP+. The molecule has 0 aliphatic carbocycles. The highest BCUT2D eigenvalue weighted by Crippen LogP contribution is 2.66. The van der Waals surface area contributed by atoms with E-state index in [1.54, 1.807) is 0 Å². The molecule has 0 fully saturated rings. The highest BCUT2D eigenvalue weighted by atomic mass is 31.2. The van der Waals surface area contributed by atoms with Crippen LogP contribution in [0.1, 0.15) is 15.9 Å². The van der Waals surface area contributed by atoms with Crippen LogP contribution in [0.25, 0.3) is 5.31 Å². The predicted molar refractivity (Wildman–Crippen MR) is 153 cm³/mol. The third-order valence-corrected chi connectivity index (χ3v) is 10.6. The zero-order valence-corrected chi connectivity index (χ0v) is 20.8. The van der Waals surface area contributed by atoms with E-state index >= 15 is 0 Å². The minimum Gasteiger partial charge on any atom is -0.325 e. The van der Waals surface area contributed by atoms with Crippen LogP contribution in [0, 0.1) is 0 Å². The Hall–Kier alpha value is -4.26. The van der Waals surface area contributed by atoms with Gasteiger partial charge < -0.3 is 5.32 Å². The van der Waals surface area contributed by atoms with Crippen molar-refractivity contribution in [3.63, 3.8) is 0 Å². The molecule has 5 rings (SSSR count). The van der Waals surface area contributed by atoms with Crippen molar-refractivity contribution in [3.8, 4) is 0 Å². The van der Waals surface area contributed by atoms with E-state index < -0.39 is 7.26 Å². The second kappa shape index (κ2) is 11.0. The minimum absolute atomic E-state index is 0.128. The van der Waals surface area contributed by atoms with Crippen LogP contribution in [0.2, 0.25) is 0 Å². The fourth-order valence-corrected chi connectivity index (χ4v) is 8.99. The molecule has 0 atom stereocenters. The van der Waals surface area contributed by atoms with Crippen LogP contribution in [0.15, 0.2) is 158 Å². The molecule has 0 spiro atoms. The van der Waals surface area contributed by atoms with Crippen molar-refractivity contribution in [1.82, 2.24) is 5.32 Å². The zero-order valence-electron chi connectivity index (χ0n) is 19.9. The molecule has 0 unspecified atom stereocenters. The van der Waals surface area contributed by atoms with Crippen LogP contribution >= 0.6 is 7.26 Å². The van der Waals surface area contributed by atoms with Crippen LogP contribution in [0.5, 0.6) is 0 Å². The van der Waals surface area contributed by atoms with Gasteiger partial charge in [-0.3, -0.25) is 4.79 Å². The quantitative estimate of drug-likeness (QED) is 0.266. The number of carbonyl (C=O) groups is 1. The van der Waals surface area contributed by atoms with Crippen LogP contribution in [-0.4, -0.2) is 5.91 Å². The standard InChI is InChI=1S/C33H26NOP/c35-33(28-18-8-2-9-19-28)34-26-32(27-16-6-1-7-17-27)36(29-20-10-3-11-21-29,30-22-12-4-13-23-30)31-24-14-5-15-25-31/h1-26H/p+1/b32-26+. The molecule has 0 radical (unpaired) electrons. The number of amides is 1. The molecule has 1 amide bonds. The molecule has 0 saturated heterocycles. The van der Waals surface area contributed by atoms with Crippen molar-refractivity contribution < 1.29 is 4.79 Å². The molecule has 2 nitrogen and oxygen atoms in total. The van der Waals surface area contributed by atoms with Crippen LogP contribution in [0.3, 0.4) is 0 Å². The molecule has 174 valence electrons. The van der Waals surface area contributed by atoms with Gasteiger partial charge in [-0.25, -0.2) is 0 Å². The van der Waals surface area contributed by atoms with Gasteiger partial charge in [0.2, 0.25) is 0 Å². The number of benzene rings is 5. The molecule has 1 N–H and O–H groups in total. The Morgan fingerprint density at radius 2 is 0.806 bits per heavy atom. The summed E-state index contributed by atoms with van der Waals surface area (Å²) in [7, 11) is -2.39. The largest absolute Gasteiger partial charge is 0.325 e. The maximum atomic E-state index is 13.2. The summed E-state index contributed by atoms with van der Waals surface area (Å²) in [5, 5.41) is 7.92. The second-order valence-corrected chi connectivity index (χ2v) is 11.8. The third-order valence-electron chi connectivity index (χ3n) is 6.24. The van der Waals surface area contributed by atoms with Crippen molar-refractivity contribution >= 4 is 34.4 Å². The van der Waals surface area contributed by atoms with Gasteiger partial charge in [0.1, 0.15) is 28.5 Å². The van der Waals surface area contributed by atoms with Gasteiger partial charge >= 0.3 is 0 Å². The molecule has 5 aromatic carbocycles. The Kier molecular flexibility index (Phi) is 7.17. The summed E-state index contributed by atoms with van der Waals surface area (Å²) >= 11 is 0. The molecule has 0 aromatic heterocycles. The number of nitrogens with one attached hydrogen (secondary N) is 1. The van der Waals surface area contributed by atoms with Crippen molar-refractivity contribution in [3.05, 3.63) is 169 Å². The highest BCUT2D eigenvalue weighted by molar-refractivity contribution is 8.03. The summed E-state index contributed by atoms with van der Waals surface area (Å²) in [5.41, 5.74) is 1.71. The van der Waals surface area contributed by atoms with Gasteiger partial charge in [0.25, 0.3) is 5.91 Å². The summed E-state index contributed by atoms with van der Waals surface area (Å²) in [6.45, 7) is 0. The lowest BCUT2D eigenvalue weighted by molar-refractivity contribution is 0.0970. The maximum Gasteiger partial charge on any atom is 0.255 e. The van der Waals surface area contributed by atoms with Crippen molar-refractivity contribution in [2.24, 2.45) is 0 Å². The molecular weight excluding hydrogens is 457 g/mol. The first kappa shape index (κ1) is 23.5. The topological polar surface area (TPSA) is 29.1 Å². The van der Waals surface area contributed by atoms with Crippen molar-refractivity contribution in [2.45, 2.75) is 0 Å². The van der Waals surface area contributed by atoms with E-state index in [1.807, 2.05) is 42.6 Å². The lowest BCUT2D eigenvalue weighted by Crippen LogP contribution is -2.33. The normalized spacial score (nSPS) is 11.6. The van der Waals surface area contributed by atoms with Gasteiger partial charge in [0.15, 0.2) is 0 Å². The van der Waals surface area contributed by atoms with E-state index in [-0.39, 0.29) is 5.91 Å². The smallest absolute Gasteiger partial charge is 0.255 e. The van der Waals surface area contributed by atoms with E-state index in [2.05, 4.69) is 121 Å². The fraction of sp³-hybridized carbons (Fsp3) is 0. The summed E-state index contributed by atoms with van der Waals surface area (Å²) in [4.78, 5) is 13.2. The summed E-state index contributed by atoms with van der Waals surface area (Å²) in [6, 6.07) is 51.8. The first-order valence-electron chi connectivity index (χ1n) is 12.0. The second-order valence-electron chi connectivity index (χ2n) is 8.41. The molecule has 36 heavy (non-hydrogen) atoms. The molecule has 3 heteroatoms. The van der Waals surface area contributed by atoms with Gasteiger partial charge in [0, 0.05) is 17.3 Å². The molecule has 0 bridgehead atoms. The van der Waals surface area contributed by atoms with Gasteiger partial charge in [0.05, 0.1) is 0 Å². The Morgan fingerprint density at radius 1 is 0.472 bits per heavy atom. The summed E-state index contributed by atoms with van der Waals surface area (Å²) in [6.07, 6.45) is 1.94. The average Bonchev–Trinajstić information content (AvgIpc) is 2.97. The molecule has 0 heterocycles. The van der Waals surface area contributed by atoms with Crippen LogP contribution < -0.4 is 21.2 Å². The van der Waals surface area contributed by atoms with E-state index in [0.29, 0.717) is 5.56 Å². The highest BCUT2D eigenvalue weighted by Gasteiger charge is 2.50. The van der Waals surface area contributed by atoms with Crippen molar-refractivity contribution in [1.29, 1.82) is 0 Å². The van der Waals surface area contributed by atoms with Gasteiger partial charge in [-0.1, -0.05) is 103 Å². The third kappa shape index (κ3) is 4.64. The molecule has 5 aromatic rings. The van der Waals surface area contributed by atoms with E-state index in [1.165, 1.54) is 15.9 Å². The first-order chi connectivity index (χ1) is 17.8. The predicted octanol–water partition coefficient (Wildman–Crippen LogP) is 6.41. The maximum absolute atomic E-state index is 13.2. The number of rotatable bonds is 7. The van der Waals surface area contributed by atoms with Crippen LogP contribution in [-0.2, 0) is 0 Å². The Morgan fingerprint density at radius 3 is 1.19 bits per heavy atom. The summed E-state index contributed by atoms with van der Waals surface area (Å²) in [5.74, 6) is -0.128. The summed E-state index contributed by atoms with van der Waals surface area (Å²) < 4.78 is 0. The number of carbonyl (C=O) groups excluding carboxylic acids is 1. The average molecular weight is 485 g/mol. The number of hydrogen-bond acceptors (Lipinski definition) is 1. The molecule has 0 aliphatic rings. The molecule has 0 saturated carbocycles. The SMILES string of the molecule is O=C(N/C=C(\c1ccccc1)[P+](c1ccccc1)(c1ccccc1)c1ccccc1)c1ccccc1. The van der Waals surface area contributed by atoms with E-state index in [0.717, 1.165) is 10.9 Å². The van der Waals surface area contributed by atoms with Gasteiger partial charge in [-0.15, -0.1) is 0 Å². The van der Waals surface area contributed by atoms with Gasteiger partial charge in [-0.05, 0) is 48.5 Å². The Balaban J connectivity index is 1.81.